The molecule has 1 aliphatic rings. The van der Waals surface area contributed by atoms with E-state index in [1.165, 1.54) is 0 Å². The molecule has 1 saturated heterocycles. The number of carbonyl (C=O) groups excluding carboxylic acids is 1. The molecule has 0 radical (unpaired) electrons. The zero-order valence-corrected chi connectivity index (χ0v) is 12.1. The standard InChI is InChI=1S/C14H15N3O3S/c18-12(16-14(13(19)20)4-6-21-9-14)7-10-8-17-5-2-1-3-11(17)15-10/h1-3,5,8H,4,6-7,9H2,(H,16,18)(H,19,20). The van der Waals surface area contributed by atoms with E-state index >= 15 is 0 Å². The molecular weight excluding hydrogens is 290 g/mol. The number of nitrogens with zero attached hydrogens (tertiary/aromatic N) is 2. The van der Waals surface area contributed by atoms with E-state index in [0.29, 0.717) is 17.9 Å². The lowest BCUT2D eigenvalue weighted by Gasteiger charge is -2.24. The van der Waals surface area contributed by atoms with Gasteiger partial charge in [-0.15, -0.1) is 0 Å². The van der Waals surface area contributed by atoms with E-state index in [9.17, 15) is 14.7 Å². The highest BCUT2D eigenvalue weighted by Gasteiger charge is 2.43. The zero-order valence-electron chi connectivity index (χ0n) is 11.3. The Morgan fingerprint density at radius 2 is 2.33 bits per heavy atom. The number of thioether (sulfide) groups is 1. The summed E-state index contributed by atoms with van der Waals surface area (Å²) in [5.74, 6) is -0.0978. The number of pyridine rings is 1. The molecule has 7 heteroatoms. The van der Waals surface area contributed by atoms with Crippen LogP contribution in [0.25, 0.3) is 5.65 Å². The van der Waals surface area contributed by atoms with Gasteiger partial charge in [0.2, 0.25) is 5.91 Å². The van der Waals surface area contributed by atoms with Crippen LogP contribution in [0.5, 0.6) is 0 Å². The molecule has 0 bridgehead atoms. The number of rotatable bonds is 4. The Bertz CT molecular complexity index is 659. The van der Waals surface area contributed by atoms with Crippen molar-refractivity contribution in [2.75, 3.05) is 11.5 Å². The molecule has 0 aromatic carbocycles. The van der Waals surface area contributed by atoms with Crippen molar-refractivity contribution in [2.24, 2.45) is 0 Å². The lowest BCUT2D eigenvalue weighted by Crippen LogP contribution is -2.55. The average Bonchev–Trinajstić information content (AvgIpc) is 3.05. The van der Waals surface area contributed by atoms with Gasteiger partial charge in [0.05, 0.1) is 12.1 Å². The minimum atomic E-state index is -1.12. The maximum Gasteiger partial charge on any atom is 0.330 e. The van der Waals surface area contributed by atoms with Gasteiger partial charge in [-0.25, -0.2) is 9.78 Å². The monoisotopic (exact) mass is 305 g/mol. The van der Waals surface area contributed by atoms with Crippen LogP contribution >= 0.6 is 11.8 Å². The third kappa shape index (κ3) is 2.73. The molecule has 110 valence electrons. The highest BCUT2D eigenvalue weighted by atomic mass is 32.2. The van der Waals surface area contributed by atoms with Crippen LogP contribution in [0.3, 0.4) is 0 Å². The number of carboxylic acids is 1. The molecule has 6 nitrogen and oxygen atoms in total. The fraction of sp³-hybridized carbons (Fsp3) is 0.357. The number of amides is 1. The van der Waals surface area contributed by atoms with Crippen LogP contribution < -0.4 is 5.32 Å². The maximum absolute atomic E-state index is 12.1. The molecule has 0 saturated carbocycles. The van der Waals surface area contributed by atoms with E-state index in [-0.39, 0.29) is 12.3 Å². The molecule has 1 amide bonds. The second-order valence-electron chi connectivity index (χ2n) is 5.11. The quantitative estimate of drug-likeness (QED) is 0.879. The van der Waals surface area contributed by atoms with Crippen LogP contribution in [0, 0.1) is 0 Å². The molecule has 1 aliphatic heterocycles. The first-order valence-electron chi connectivity index (χ1n) is 6.64. The molecule has 2 N–H and O–H groups in total. The van der Waals surface area contributed by atoms with E-state index in [2.05, 4.69) is 10.3 Å². The van der Waals surface area contributed by atoms with Gasteiger partial charge in [0.25, 0.3) is 0 Å². The number of imidazole rings is 1. The second-order valence-corrected chi connectivity index (χ2v) is 6.22. The van der Waals surface area contributed by atoms with Crippen molar-refractivity contribution in [3.8, 4) is 0 Å². The summed E-state index contributed by atoms with van der Waals surface area (Å²) >= 11 is 1.55. The summed E-state index contributed by atoms with van der Waals surface area (Å²) in [6.45, 7) is 0. The zero-order chi connectivity index (χ0) is 14.9. The van der Waals surface area contributed by atoms with Gasteiger partial charge in [-0.1, -0.05) is 6.07 Å². The first-order chi connectivity index (χ1) is 10.1. The molecule has 0 aliphatic carbocycles. The van der Waals surface area contributed by atoms with E-state index in [1.54, 1.807) is 18.0 Å². The smallest absolute Gasteiger partial charge is 0.330 e. The number of nitrogens with one attached hydrogen (secondary N) is 1. The molecule has 1 fully saturated rings. The lowest BCUT2D eigenvalue weighted by atomic mass is 9.99. The molecule has 2 aromatic rings. The van der Waals surface area contributed by atoms with Gasteiger partial charge in [-0.05, 0) is 24.3 Å². The molecule has 1 atom stereocenters. The molecule has 2 aromatic heterocycles. The largest absolute Gasteiger partial charge is 0.479 e. The Balaban J connectivity index is 1.72. The van der Waals surface area contributed by atoms with Gasteiger partial charge in [0.15, 0.2) is 0 Å². The Kier molecular flexibility index (Phi) is 3.59. The number of hydrogen-bond acceptors (Lipinski definition) is 4. The molecule has 1 unspecified atom stereocenters. The second kappa shape index (κ2) is 5.40. The summed E-state index contributed by atoms with van der Waals surface area (Å²) in [6.07, 6.45) is 4.19. The Morgan fingerprint density at radius 3 is 3.00 bits per heavy atom. The molecule has 0 spiro atoms. The van der Waals surface area contributed by atoms with E-state index in [1.807, 2.05) is 28.8 Å². The summed E-state index contributed by atoms with van der Waals surface area (Å²) in [5, 5.41) is 12.0. The minimum absolute atomic E-state index is 0.0847. The molecular formula is C14H15N3O3S. The van der Waals surface area contributed by atoms with Crippen molar-refractivity contribution < 1.29 is 14.7 Å². The van der Waals surface area contributed by atoms with Gasteiger partial charge < -0.3 is 14.8 Å². The lowest BCUT2D eigenvalue weighted by molar-refractivity contribution is -0.146. The van der Waals surface area contributed by atoms with Crippen molar-refractivity contribution in [1.82, 2.24) is 14.7 Å². The van der Waals surface area contributed by atoms with Gasteiger partial charge in [-0.3, -0.25) is 4.79 Å². The summed E-state index contributed by atoms with van der Waals surface area (Å²) in [4.78, 5) is 27.9. The third-order valence-electron chi connectivity index (χ3n) is 3.57. The predicted octanol–water partition coefficient (Wildman–Crippen LogP) is 0.953. The van der Waals surface area contributed by atoms with Crippen LogP contribution in [-0.4, -0.2) is 43.4 Å². The van der Waals surface area contributed by atoms with Crippen LogP contribution in [0.1, 0.15) is 12.1 Å². The first-order valence-corrected chi connectivity index (χ1v) is 7.79. The summed E-state index contributed by atoms with van der Waals surface area (Å²) in [6, 6.07) is 5.61. The Labute approximate surface area is 125 Å². The topological polar surface area (TPSA) is 83.7 Å². The van der Waals surface area contributed by atoms with Crippen molar-refractivity contribution >= 4 is 29.3 Å². The Morgan fingerprint density at radius 1 is 1.48 bits per heavy atom. The van der Waals surface area contributed by atoms with Gasteiger partial charge in [-0.2, -0.15) is 11.8 Å². The van der Waals surface area contributed by atoms with E-state index in [0.717, 1.165) is 11.4 Å². The number of aliphatic carboxylic acids is 1. The highest BCUT2D eigenvalue weighted by molar-refractivity contribution is 7.99. The molecule has 3 rings (SSSR count). The summed E-state index contributed by atoms with van der Waals surface area (Å²) < 4.78 is 1.83. The normalized spacial score (nSPS) is 21.5. The van der Waals surface area contributed by atoms with Crippen LogP contribution in [0.4, 0.5) is 0 Å². The fourth-order valence-corrected chi connectivity index (χ4v) is 3.76. The number of aromatic nitrogens is 2. The number of fused-ring (bicyclic) bond motifs is 1. The first kappa shape index (κ1) is 13.9. The fourth-order valence-electron chi connectivity index (χ4n) is 2.43. The van der Waals surface area contributed by atoms with Crippen molar-refractivity contribution in [2.45, 2.75) is 18.4 Å². The Hall–Kier alpha value is -2.02. The number of hydrogen-bond donors (Lipinski definition) is 2. The molecule has 21 heavy (non-hydrogen) atoms. The highest BCUT2D eigenvalue weighted by Crippen LogP contribution is 2.28. The SMILES string of the molecule is O=C(Cc1cn2ccccc2n1)NC1(C(=O)O)CCSC1. The van der Waals surface area contributed by atoms with Crippen molar-refractivity contribution in [3.05, 3.63) is 36.3 Å². The van der Waals surface area contributed by atoms with E-state index in [4.69, 9.17) is 0 Å². The van der Waals surface area contributed by atoms with Gasteiger partial charge in [0, 0.05) is 18.1 Å². The summed E-state index contributed by atoms with van der Waals surface area (Å²) in [5.41, 5.74) is 0.274. The van der Waals surface area contributed by atoms with Crippen molar-refractivity contribution in [3.63, 3.8) is 0 Å². The van der Waals surface area contributed by atoms with Crippen LogP contribution in [-0.2, 0) is 16.0 Å². The van der Waals surface area contributed by atoms with Gasteiger partial charge >= 0.3 is 5.97 Å². The number of carbonyl (C=O) groups is 2. The van der Waals surface area contributed by atoms with Gasteiger partial charge in [0.1, 0.15) is 11.2 Å². The minimum Gasteiger partial charge on any atom is -0.479 e. The maximum atomic E-state index is 12.1. The summed E-state index contributed by atoms with van der Waals surface area (Å²) in [7, 11) is 0. The van der Waals surface area contributed by atoms with Crippen LogP contribution in [0.15, 0.2) is 30.6 Å². The average molecular weight is 305 g/mol. The van der Waals surface area contributed by atoms with E-state index < -0.39 is 11.5 Å². The van der Waals surface area contributed by atoms with Crippen LogP contribution in [0.2, 0.25) is 0 Å². The number of carboxylic acid groups (broad SMARTS) is 1. The van der Waals surface area contributed by atoms with Crippen molar-refractivity contribution in [1.29, 1.82) is 0 Å². The predicted molar refractivity (Wildman–Crippen MR) is 79.3 cm³/mol. The third-order valence-corrected chi connectivity index (χ3v) is 4.75. The molecule has 3 heterocycles.